The second-order valence-corrected chi connectivity index (χ2v) is 6.77. The van der Waals surface area contributed by atoms with Gasteiger partial charge < -0.3 is 19.4 Å². The van der Waals surface area contributed by atoms with Crippen molar-refractivity contribution in [2.75, 3.05) is 13.2 Å². The third kappa shape index (κ3) is 3.56. The lowest BCUT2D eigenvalue weighted by molar-refractivity contribution is -0.140. The van der Waals surface area contributed by atoms with Gasteiger partial charge in [-0.15, -0.1) is 0 Å². The van der Waals surface area contributed by atoms with Gasteiger partial charge in [-0.25, -0.2) is 4.79 Å². The Balaban J connectivity index is 1.39. The molecule has 2 heterocycles. The molecule has 26 heavy (non-hydrogen) atoms. The van der Waals surface area contributed by atoms with Crippen LogP contribution in [0.2, 0.25) is 0 Å². The van der Waals surface area contributed by atoms with E-state index < -0.39 is 11.7 Å². The molecule has 1 aliphatic heterocycles. The molecule has 2 aromatic rings. The molecule has 0 spiro atoms. The topological polar surface area (TPSA) is 88.9 Å². The number of amides is 2. The molecule has 1 atom stereocenters. The molecular formula is C19H20N2O5. The first kappa shape index (κ1) is 16.6. The molecule has 7 nitrogen and oxygen atoms in total. The van der Waals surface area contributed by atoms with Gasteiger partial charge in [0.05, 0.1) is 0 Å². The van der Waals surface area contributed by atoms with E-state index in [0.717, 1.165) is 24.6 Å². The van der Waals surface area contributed by atoms with Crippen molar-refractivity contribution >= 4 is 22.8 Å². The standard InChI is InChI=1S/C19H20N2O5/c22-17(21-9-1-2-15(21)19(24)20-13-5-6-13)11-25-14-7-3-12-4-8-18(23)26-16(12)10-14/h3-4,7-8,10,13,15H,1-2,5-6,9,11H2,(H,20,24). The van der Waals surface area contributed by atoms with E-state index in [1.165, 1.54) is 6.07 Å². The maximum atomic E-state index is 12.5. The number of carbonyl (C=O) groups excluding carboxylic acids is 2. The van der Waals surface area contributed by atoms with Crippen LogP contribution in [0.15, 0.2) is 39.5 Å². The van der Waals surface area contributed by atoms with Gasteiger partial charge in [0.15, 0.2) is 6.61 Å². The molecule has 7 heteroatoms. The van der Waals surface area contributed by atoms with Gasteiger partial charge in [0.2, 0.25) is 5.91 Å². The summed E-state index contributed by atoms with van der Waals surface area (Å²) in [5.74, 6) is 0.164. The van der Waals surface area contributed by atoms with Crippen molar-refractivity contribution in [1.29, 1.82) is 0 Å². The van der Waals surface area contributed by atoms with Crippen LogP contribution in [0.5, 0.6) is 5.75 Å². The SMILES string of the molecule is O=C(NC1CC1)C1CCCN1C(=O)COc1ccc2ccc(=O)oc2c1. The number of likely N-dealkylation sites (tertiary alicyclic amines) is 1. The highest BCUT2D eigenvalue weighted by Crippen LogP contribution is 2.23. The maximum absolute atomic E-state index is 12.5. The van der Waals surface area contributed by atoms with Crippen molar-refractivity contribution in [3.05, 3.63) is 40.8 Å². The minimum Gasteiger partial charge on any atom is -0.484 e. The fraction of sp³-hybridized carbons (Fsp3) is 0.421. The molecule has 2 amide bonds. The van der Waals surface area contributed by atoms with Gasteiger partial charge in [-0.05, 0) is 43.9 Å². The number of rotatable bonds is 5. The summed E-state index contributed by atoms with van der Waals surface area (Å²) in [6, 6.07) is 7.97. The Labute approximate surface area is 149 Å². The lowest BCUT2D eigenvalue weighted by atomic mass is 10.2. The van der Waals surface area contributed by atoms with E-state index in [1.807, 2.05) is 0 Å². The van der Waals surface area contributed by atoms with Gasteiger partial charge in [0, 0.05) is 30.1 Å². The van der Waals surface area contributed by atoms with E-state index in [0.29, 0.717) is 24.3 Å². The van der Waals surface area contributed by atoms with Gasteiger partial charge >= 0.3 is 5.63 Å². The zero-order chi connectivity index (χ0) is 18.1. The van der Waals surface area contributed by atoms with E-state index in [2.05, 4.69) is 5.32 Å². The zero-order valence-corrected chi connectivity index (χ0v) is 14.3. The fourth-order valence-electron chi connectivity index (χ4n) is 3.22. The maximum Gasteiger partial charge on any atom is 0.336 e. The summed E-state index contributed by atoms with van der Waals surface area (Å²) in [7, 11) is 0. The van der Waals surface area contributed by atoms with Gasteiger partial charge in [0.1, 0.15) is 17.4 Å². The second-order valence-electron chi connectivity index (χ2n) is 6.77. The molecule has 1 N–H and O–H groups in total. The second kappa shape index (κ2) is 6.82. The largest absolute Gasteiger partial charge is 0.484 e. The number of hydrogen-bond acceptors (Lipinski definition) is 5. The van der Waals surface area contributed by atoms with E-state index in [9.17, 15) is 14.4 Å². The highest BCUT2D eigenvalue weighted by Gasteiger charge is 2.36. The van der Waals surface area contributed by atoms with Crippen molar-refractivity contribution in [3.63, 3.8) is 0 Å². The van der Waals surface area contributed by atoms with Crippen molar-refractivity contribution in [3.8, 4) is 5.75 Å². The highest BCUT2D eigenvalue weighted by atomic mass is 16.5. The smallest absolute Gasteiger partial charge is 0.336 e. The first-order chi connectivity index (χ1) is 12.6. The van der Waals surface area contributed by atoms with Gasteiger partial charge in [-0.3, -0.25) is 9.59 Å². The molecule has 4 rings (SSSR count). The van der Waals surface area contributed by atoms with E-state index in [4.69, 9.17) is 9.15 Å². The van der Waals surface area contributed by atoms with Crippen LogP contribution in [0.25, 0.3) is 11.0 Å². The minimum absolute atomic E-state index is 0.0640. The Bertz CT molecular complexity index is 902. The van der Waals surface area contributed by atoms with E-state index in [-0.39, 0.29) is 24.5 Å². The Morgan fingerprint density at radius 2 is 2.00 bits per heavy atom. The number of nitrogens with one attached hydrogen (secondary N) is 1. The average molecular weight is 356 g/mol. The summed E-state index contributed by atoms with van der Waals surface area (Å²) in [4.78, 5) is 37.7. The summed E-state index contributed by atoms with van der Waals surface area (Å²) in [5, 5.41) is 3.74. The van der Waals surface area contributed by atoms with Crippen LogP contribution in [-0.2, 0) is 9.59 Å². The lowest BCUT2D eigenvalue weighted by Crippen LogP contribution is -2.47. The molecule has 1 saturated carbocycles. The molecule has 2 fully saturated rings. The van der Waals surface area contributed by atoms with Crippen LogP contribution < -0.4 is 15.7 Å². The monoisotopic (exact) mass is 356 g/mol. The first-order valence-corrected chi connectivity index (χ1v) is 8.87. The third-order valence-electron chi connectivity index (χ3n) is 4.76. The Morgan fingerprint density at radius 1 is 1.19 bits per heavy atom. The molecule has 1 aromatic heterocycles. The van der Waals surface area contributed by atoms with Crippen LogP contribution in [0, 0.1) is 0 Å². The molecule has 1 unspecified atom stereocenters. The fourth-order valence-corrected chi connectivity index (χ4v) is 3.22. The Kier molecular flexibility index (Phi) is 4.36. The summed E-state index contributed by atoms with van der Waals surface area (Å²) >= 11 is 0. The molecule has 0 bridgehead atoms. The van der Waals surface area contributed by atoms with Gasteiger partial charge in [-0.2, -0.15) is 0 Å². The zero-order valence-electron chi connectivity index (χ0n) is 14.3. The minimum atomic E-state index is -0.438. The van der Waals surface area contributed by atoms with Crippen LogP contribution in [0.3, 0.4) is 0 Å². The normalized spacial score (nSPS) is 19.5. The van der Waals surface area contributed by atoms with E-state index in [1.54, 1.807) is 29.2 Å². The summed E-state index contributed by atoms with van der Waals surface area (Å²) in [5.41, 5.74) is -0.0300. The lowest BCUT2D eigenvalue weighted by Gasteiger charge is -2.24. The van der Waals surface area contributed by atoms with Crippen LogP contribution in [0.4, 0.5) is 0 Å². The Morgan fingerprint density at radius 3 is 2.81 bits per heavy atom. The van der Waals surface area contributed by atoms with Crippen molar-refractivity contribution in [2.45, 2.75) is 37.8 Å². The summed E-state index contributed by atoms with van der Waals surface area (Å²) in [6.45, 7) is 0.410. The van der Waals surface area contributed by atoms with Crippen LogP contribution >= 0.6 is 0 Å². The highest BCUT2D eigenvalue weighted by molar-refractivity contribution is 5.89. The number of carbonyl (C=O) groups is 2. The molecule has 1 saturated heterocycles. The molecule has 0 radical (unpaired) electrons. The van der Waals surface area contributed by atoms with Crippen LogP contribution in [0.1, 0.15) is 25.7 Å². The summed E-state index contributed by atoms with van der Waals surface area (Å²) < 4.78 is 10.7. The number of fused-ring (bicyclic) bond motifs is 1. The van der Waals surface area contributed by atoms with Gasteiger partial charge in [-0.1, -0.05) is 0 Å². The predicted octanol–water partition coefficient (Wildman–Crippen LogP) is 1.44. The number of hydrogen-bond donors (Lipinski definition) is 1. The van der Waals surface area contributed by atoms with Gasteiger partial charge in [0.25, 0.3) is 5.91 Å². The van der Waals surface area contributed by atoms with Crippen molar-refractivity contribution < 1.29 is 18.7 Å². The summed E-state index contributed by atoms with van der Waals surface area (Å²) in [6.07, 6.45) is 3.54. The number of benzene rings is 1. The molecule has 136 valence electrons. The average Bonchev–Trinajstić information content (AvgIpc) is 3.30. The van der Waals surface area contributed by atoms with E-state index >= 15 is 0 Å². The number of ether oxygens (including phenoxy) is 1. The molecule has 1 aromatic carbocycles. The van der Waals surface area contributed by atoms with Crippen molar-refractivity contribution in [2.24, 2.45) is 0 Å². The van der Waals surface area contributed by atoms with Crippen LogP contribution in [-0.4, -0.2) is 41.9 Å². The molecular weight excluding hydrogens is 336 g/mol. The predicted molar refractivity (Wildman–Crippen MR) is 93.9 cm³/mol. The van der Waals surface area contributed by atoms with Crippen molar-refractivity contribution in [1.82, 2.24) is 10.2 Å². The third-order valence-corrected chi connectivity index (χ3v) is 4.76. The quantitative estimate of drug-likeness (QED) is 0.819. The Hall–Kier alpha value is -2.83. The first-order valence-electron chi connectivity index (χ1n) is 8.87. The molecule has 2 aliphatic rings. The molecule has 1 aliphatic carbocycles. The number of nitrogens with zero attached hydrogens (tertiary/aromatic N) is 1.